The molecular formula is C16H33NO. The van der Waals surface area contributed by atoms with E-state index in [0.717, 1.165) is 19.1 Å². The maximum atomic E-state index is 6.05. The van der Waals surface area contributed by atoms with Crippen LogP contribution < -0.4 is 5.32 Å². The summed E-state index contributed by atoms with van der Waals surface area (Å²) in [7, 11) is 0. The molecule has 0 aromatic heterocycles. The van der Waals surface area contributed by atoms with Crippen molar-refractivity contribution in [1.82, 2.24) is 5.32 Å². The zero-order valence-corrected chi connectivity index (χ0v) is 12.9. The molecule has 0 aromatic carbocycles. The first-order valence-corrected chi connectivity index (χ1v) is 8.00. The van der Waals surface area contributed by atoms with Gasteiger partial charge in [0.15, 0.2) is 0 Å². The van der Waals surface area contributed by atoms with Gasteiger partial charge in [0.25, 0.3) is 0 Å². The van der Waals surface area contributed by atoms with E-state index in [1.807, 2.05) is 0 Å². The van der Waals surface area contributed by atoms with E-state index in [4.69, 9.17) is 4.74 Å². The summed E-state index contributed by atoms with van der Waals surface area (Å²) in [6, 6.07) is 0.575. The van der Waals surface area contributed by atoms with Gasteiger partial charge in [0.1, 0.15) is 0 Å². The molecule has 2 nitrogen and oxygen atoms in total. The van der Waals surface area contributed by atoms with Crippen LogP contribution in [0.2, 0.25) is 0 Å². The van der Waals surface area contributed by atoms with Gasteiger partial charge in [-0.15, -0.1) is 0 Å². The summed E-state index contributed by atoms with van der Waals surface area (Å²) in [5, 5.41) is 3.71. The van der Waals surface area contributed by atoms with E-state index in [0.29, 0.717) is 18.1 Å². The van der Waals surface area contributed by atoms with Gasteiger partial charge in [0, 0.05) is 6.04 Å². The second-order valence-corrected chi connectivity index (χ2v) is 6.24. The summed E-state index contributed by atoms with van der Waals surface area (Å²) in [5.41, 5.74) is 0. The van der Waals surface area contributed by atoms with E-state index in [1.165, 1.54) is 38.5 Å². The molecule has 1 aliphatic carbocycles. The fraction of sp³-hybridized carbons (Fsp3) is 1.00. The Hall–Kier alpha value is -0.0800. The highest BCUT2D eigenvalue weighted by molar-refractivity contribution is 4.79. The van der Waals surface area contributed by atoms with Crippen LogP contribution in [0.15, 0.2) is 0 Å². The third-order valence-corrected chi connectivity index (χ3v) is 4.35. The second-order valence-electron chi connectivity index (χ2n) is 6.24. The van der Waals surface area contributed by atoms with Gasteiger partial charge < -0.3 is 10.1 Å². The van der Waals surface area contributed by atoms with Crippen LogP contribution in [0.5, 0.6) is 0 Å². The van der Waals surface area contributed by atoms with Gasteiger partial charge >= 0.3 is 0 Å². The third kappa shape index (κ3) is 5.71. The van der Waals surface area contributed by atoms with Crippen molar-refractivity contribution in [2.45, 2.75) is 78.4 Å². The Bertz CT molecular complexity index is 199. The molecule has 18 heavy (non-hydrogen) atoms. The zero-order chi connectivity index (χ0) is 13.4. The molecule has 1 fully saturated rings. The molecule has 0 aliphatic heterocycles. The molecule has 0 heterocycles. The van der Waals surface area contributed by atoms with Gasteiger partial charge in [-0.05, 0) is 44.6 Å². The molecule has 0 spiro atoms. The quantitative estimate of drug-likeness (QED) is 0.708. The monoisotopic (exact) mass is 255 g/mol. The Balaban J connectivity index is 2.38. The fourth-order valence-electron chi connectivity index (χ4n) is 2.68. The topological polar surface area (TPSA) is 21.3 Å². The lowest BCUT2D eigenvalue weighted by atomic mass is 9.84. The molecule has 0 radical (unpaired) electrons. The van der Waals surface area contributed by atoms with Crippen LogP contribution >= 0.6 is 0 Å². The highest BCUT2D eigenvalue weighted by Gasteiger charge is 2.24. The Morgan fingerprint density at radius 1 is 1.11 bits per heavy atom. The van der Waals surface area contributed by atoms with Crippen LogP contribution in [0.25, 0.3) is 0 Å². The Morgan fingerprint density at radius 3 is 2.33 bits per heavy atom. The first-order valence-electron chi connectivity index (χ1n) is 8.00. The average Bonchev–Trinajstić information content (AvgIpc) is 2.39. The van der Waals surface area contributed by atoms with Crippen molar-refractivity contribution >= 4 is 0 Å². The first-order chi connectivity index (χ1) is 8.65. The van der Waals surface area contributed by atoms with Crippen LogP contribution in [-0.4, -0.2) is 25.3 Å². The van der Waals surface area contributed by atoms with Gasteiger partial charge in [-0.1, -0.05) is 40.0 Å². The normalized spacial score (nSPS) is 21.2. The van der Waals surface area contributed by atoms with Gasteiger partial charge in [-0.3, -0.25) is 0 Å². The maximum Gasteiger partial charge on any atom is 0.0626 e. The number of ether oxygens (including phenoxy) is 1. The molecule has 1 rings (SSSR count). The van der Waals surface area contributed by atoms with E-state index in [9.17, 15) is 0 Å². The lowest BCUT2D eigenvalue weighted by molar-refractivity contribution is 0.00912. The van der Waals surface area contributed by atoms with Crippen molar-refractivity contribution in [3.8, 4) is 0 Å². The molecule has 0 saturated heterocycles. The summed E-state index contributed by atoms with van der Waals surface area (Å²) in [4.78, 5) is 0. The molecule has 0 amide bonds. The average molecular weight is 255 g/mol. The van der Waals surface area contributed by atoms with E-state index in [1.54, 1.807) is 0 Å². The third-order valence-electron chi connectivity index (χ3n) is 4.35. The molecule has 1 aliphatic rings. The molecular weight excluding hydrogens is 222 g/mol. The lowest BCUT2D eigenvalue weighted by Crippen LogP contribution is -2.42. The summed E-state index contributed by atoms with van der Waals surface area (Å²) < 4.78 is 6.05. The van der Waals surface area contributed by atoms with Gasteiger partial charge in [-0.25, -0.2) is 0 Å². The standard InChI is InChI=1S/C16H33NO/c1-5-11-17-16(12-18-14(4)13(2)3)15-9-7-6-8-10-15/h13-17H,5-12H2,1-4H3. The van der Waals surface area contributed by atoms with Crippen molar-refractivity contribution in [1.29, 1.82) is 0 Å². The predicted octanol–water partition coefficient (Wildman–Crippen LogP) is 4.00. The zero-order valence-electron chi connectivity index (χ0n) is 12.9. The summed E-state index contributed by atoms with van der Waals surface area (Å²) >= 11 is 0. The summed E-state index contributed by atoms with van der Waals surface area (Å²) in [5.74, 6) is 1.45. The Labute approximate surface area is 114 Å². The van der Waals surface area contributed by atoms with Crippen LogP contribution in [0, 0.1) is 11.8 Å². The van der Waals surface area contributed by atoms with Crippen LogP contribution in [-0.2, 0) is 4.74 Å². The van der Waals surface area contributed by atoms with Crippen molar-refractivity contribution in [2.24, 2.45) is 11.8 Å². The van der Waals surface area contributed by atoms with Gasteiger partial charge in [0.2, 0.25) is 0 Å². The molecule has 0 bridgehead atoms. The highest BCUT2D eigenvalue weighted by atomic mass is 16.5. The minimum Gasteiger partial charge on any atom is -0.377 e. The number of nitrogens with one attached hydrogen (secondary N) is 1. The first kappa shape index (κ1) is 16.0. The second kappa shape index (κ2) is 8.92. The van der Waals surface area contributed by atoms with Crippen LogP contribution in [0.1, 0.15) is 66.2 Å². The van der Waals surface area contributed by atoms with Crippen molar-refractivity contribution < 1.29 is 4.74 Å². The van der Waals surface area contributed by atoms with E-state index in [2.05, 4.69) is 33.0 Å². The molecule has 0 aromatic rings. The SMILES string of the molecule is CCCNC(COC(C)C(C)C)C1CCCCC1. The van der Waals surface area contributed by atoms with Crippen molar-refractivity contribution in [2.75, 3.05) is 13.2 Å². The largest absolute Gasteiger partial charge is 0.377 e. The minimum absolute atomic E-state index is 0.375. The Kier molecular flexibility index (Phi) is 7.92. The van der Waals surface area contributed by atoms with E-state index < -0.39 is 0 Å². The molecule has 1 N–H and O–H groups in total. The number of hydrogen-bond donors (Lipinski definition) is 1. The summed E-state index contributed by atoms with van der Waals surface area (Å²) in [6.45, 7) is 10.9. The highest BCUT2D eigenvalue weighted by Crippen LogP contribution is 2.27. The molecule has 2 atom stereocenters. The van der Waals surface area contributed by atoms with Crippen molar-refractivity contribution in [3.63, 3.8) is 0 Å². The fourth-order valence-corrected chi connectivity index (χ4v) is 2.68. The molecule has 108 valence electrons. The number of hydrogen-bond acceptors (Lipinski definition) is 2. The Morgan fingerprint density at radius 2 is 1.78 bits per heavy atom. The van der Waals surface area contributed by atoms with Gasteiger partial charge in [-0.2, -0.15) is 0 Å². The smallest absolute Gasteiger partial charge is 0.0626 e. The van der Waals surface area contributed by atoms with Gasteiger partial charge in [0.05, 0.1) is 12.7 Å². The minimum atomic E-state index is 0.375. The van der Waals surface area contributed by atoms with Crippen LogP contribution in [0.4, 0.5) is 0 Å². The van der Waals surface area contributed by atoms with Crippen LogP contribution in [0.3, 0.4) is 0 Å². The predicted molar refractivity (Wildman–Crippen MR) is 78.9 cm³/mol. The van der Waals surface area contributed by atoms with Crippen molar-refractivity contribution in [3.05, 3.63) is 0 Å². The van der Waals surface area contributed by atoms with E-state index in [-0.39, 0.29) is 0 Å². The summed E-state index contributed by atoms with van der Waals surface area (Å²) in [6.07, 6.45) is 8.62. The maximum absolute atomic E-state index is 6.05. The lowest BCUT2D eigenvalue weighted by Gasteiger charge is -2.32. The molecule has 1 saturated carbocycles. The molecule has 2 heteroatoms. The van der Waals surface area contributed by atoms with E-state index >= 15 is 0 Å². The number of rotatable bonds is 8. The molecule has 2 unspecified atom stereocenters.